The summed E-state index contributed by atoms with van der Waals surface area (Å²) in [5, 5.41) is 0.780. The van der Waals surface area contributed by atoms with Crippen molar-refractivity contribution in [3.63, 3.8) is 0 Å². The fourth-order valence-electron chi connectivity index (χ4n) is 4.05. The number of hydrogen-bond donors (Lipinski definition) is 0. The molecule has 0 amide bonds. The summed E-state index contributed by atoms with van der Waals surface area (Å²) in [5.74, 6) is 2.47. The van der Waals surface area contributed by atoms with Gasteiger partial charge in [-0.1, -0.05) is 13.0 Å². The van der Waals surface area contributed by atoms with Gasteiger partial charge in [0.2, 0.25) is 0 Å². The first-order valence-electron chi connectivity index (χ1n) is 9.22. The molecule has 4 rings (SSSR count). The van der Waals surface area contributed by atoms with E-state index in [4.69, 9.17) is 9.72 Å². The van der Waals surface area contributed by atoms with Crippen molar-refractivity contribution in [2.75, 3.05) is 32.1 Å². The van der Waals surface area contributed by atoms with Crippen LogP contribution in [0.5, 0.6) is 0 Å². The lowest BCUT2D eigenvalue weighted by molar-refractivity contribution is 0.193. The highest BCUT2D eigenvalue weighted by Gasteiger charge is 2.29. The molecule has 4 heterocycles. The molecule has 1 aromatic heterocycles. The molecule has 0 radical (unpaired) electrons. The van der Waals surface area contributed by atoms with Crippen molar-refractivity contribution in [3.05, 3.63) is 29.1 Å². The topological polar surface area (TPSA) is 25.4 Å². The van der Waals surface area contributed by atoms with Crippen molar-refractivity contribution in [2.45, 2.75) is 56.2 Å². The molecule has 23 heavy (non-hydrogen) atoms. The zero-order valence-corrected chi connectivity index (χ0v) is 15.0. The largest absolute Gasteiger partial charge is 0.381 e. The van der Waals surface area contributed by atoms with E-state index in [-0.39, 0.29) is 0 Å². The Balaban J connectivity index is 1.59. The first-order valence-corrected chi connectivity index (χ1v) is 10.3. The van der Waals surface area contributed by atoms with Gasteiger partial charge in [-0.15, -0.1) is 0 Å². The predicted octanol–water partition coefficient (Wildman–Crippen LogP) is 3.79. The quantitative estimate of drug-likeness (QED) is 0.819. The molecule has 0 N–H and O–H groups in total. The minimum atomic E-state index is 0.558. The molecule has 0 spiro atoms. The van der Waals surface area contributed by atoms with E-state index in [2.05, 4.69) is 35.7 Å². The SMILES string of the molecule is CC(c1ccc([C@H]2CCOC2)c(CN2CCCC2)n1)C1CCS1. The summed E-state index contributed by atoms with van der Waals surface area (Å²) in [7, 11) is 0. The fraction of sp³-hybridized carbons (Fsp3) is 0.737. The molecule has 3 aliphatic heterocycles. The third-order valence-corrected chi connectivity index (χ3v) is 7.27. The molecule has 126 valence electrons. The van der Waals surface area contributed by atoms with Crippen LogP contribution in [0, 0.1) is 0 Å². The van der Waals surface area contributed by atoms with Gasteiger partial charge in [0.25, 0.3) is 0 Å². The van der Waals surface area contributed by atoms with Crippen LogP contribution >= 0.6 is 11.8 Å². The molecule has 4 heteroatoms. The molecule has 0 aliphatic carbocycles. The smallest absolute Gasteiger partial charge is 0.0583 e. The highest BCUT2D eigenvalue weighted by atomic mass is 32.2. The maximum atomic E-state index is 5.63. The first-order chi connectivity index (χ1) is 11.3. The van der Waals surface area contributed by atoms with E-state index in [1.54, 1.807) is 0 Å². The number of hydrogen-bond acceptors (Lipinski definition) is 4. The van der Waals surface area contributed by atoms with Crippen molar-refractivity contribution >= 4 is 11.8 Å². The molecule has 0 saturated carbocycles. The molecule has 3 atom stereocenters. The van der Waals surface area contributed by atoms with Crippen molar-refractivity contribution in [1.29, 1.82) is 0 Å². The van der Waals surface area contributed by atoms with Crippen molar-refractivity contribution in [1.82, 2.24) is 9.88 Å². The van der Waals surface area contributed by atoms with Gasteiger partial charge in [0, 0.05) is 35.9 Å². The number of thioether (sulfide) groups is 1. The average molecular weight is 333 g/mol. The standard InChI is InChI=1S/C19H28N2OS/c1-14(19-7-11-23-19)17-5-4-16(15-6-10-22-13-15)18(20-17)12-21-8-2-3-9-21/h4-5,14-15,19H,2-3,6-13H2,1H3/t14?,15-,19?/m0/s1. The fourth-order valence-corrected chi connectivity index (χ4v) is 4.99. The van der Waals surface area contributed by atoms with Gasteiger partial charge in [0.15, 0.2) is 0 Å². The highest BCUT2D eigenvalue weighted by Crippen LogP contribution is 2.39. The number of rotatable bonds is 5. The van der Waals surface area contributed by atoms with Crippen LogP contribution in [0.15, 0.2) is 12.1 Å². The Bertz CT molecular complexity index is 534. The van der Waals surface area contributed by atoms with Crippen molar-refractivity contribution in [2.24, 2.45) is 0 Å². The number of likely N-dealkylation sites (tertiary alicyclic amines) is 1. The van der Waals surface area contributed by atoms with Crippen LogP contribution < -0.4 is 0 Å². The van der Waals surface area contributed by atoms with Crippen LogP contribution in [0.25, 0.3) is 0 Å². The van der Waals surface area contributed by atoms with E-state index >= 15 is 0 Å². The monoisotopic (exact) mass is 332 g/mol. The molecular weight excluding hydrogens is 304 g/mol. The second-order valence-corrected chi connectivity index (χ2v) is 8.65. The summed E-state index contributed by atoms with van der Waals surface area (Å²) in [5.41, 5.74) is 4.08. The molecular formula is C19H28N2OS. The van der Waals surface area contributed by atoms with Crippen LogP contribution in [0.3, 0.4) is 0 Å². The Morgan fingerprint density at radius 2 is 2.13 bits per heavy atom. The number of aromatic nitrogens is 1. The van der Waals surface area contributed by atoms with E-state index in [9.17, 15) is 0 Å². The van der Waals surface area contributed by atoms with Gasteiger partial charge < -0.3 is 4.74 Å². The van der Waals surface area contributed by atoms with Gasteiger partial charge in [-0.05, 0) is 56.2 Å². The number of pyridine rings is 1. The van der Waals surface area contributed by atoms with Gasteiger partial charge in [-0.3, -0.25) is 9.88 Å². The Morgan fingerprint density at radius 1 is 1.30 bits per heavy atom. The van der Waals surface area contributed by atoms with Crippen LogP contribution in [0.2, 0.25) is 0 Å². The van der Waals surface area contributed by atoms with E-state index in [0.29, 0.717) is 11.8 Å². The lowest BCUT2D eigenvalue weighted by Crippen LogP contribution is -2.25. The molecule has 3 aliphatic rings. The Morgan fingerprint density at radius 3 is 2.78 bits per heavy atom. The molecule has 0 aromatic carbocycles. The minimum Gasteiger partial charge on any atom is -0.381 e. The van der Waals surface area contributed by atoms with Gasteiger partial charge in [-0.2, -0.15) is 11.8 Å². The summed E-state index contributed by atoms with van der Waals surface area (Å²) in [4.78, 5) is 7.75. The predicted molar refractivity (Wildman–Crippen MR) is 96.2 cm³/mol. The van der Waals surface area contributed by atoms with Gasteiger partial charge in [0.05, 0.1) is 12.3 Å². The van der Waals surface area contributed by atoms with Crippen LogP contribution in [-0.4, -0.2) is 47.2 Å². The lowest BCUT2D eigenvalue weighted by atomic mass is 9.93. The zero-order valence-electron chi connectivity index (χ0n) is 14.2. The van der Waals surface area contributed by atoms with Crippen molar-refractivity contribution < 1.29 is 4.74 Å². The first kappa shape index (κ1) is 15.9. The Kier molecular flexibility index (Phi) is 4.93. The molecule has 3 nitrogen and oxygen atoms in total. The second kappa shape index (κ2) is 7.12. The van der Waals surface area contributed by atoms with Crippen molar-refractivity contribution in [3.8, 4) is 0 Å². The summed E-state index contributed by atoms with van der Waals surface area (Å²) >= 11 is 2.11. The molecule has 1 aromatic rings. The highest BCUT2D eigenvalue weighted by molar-refractivity contribution is 8.01. The van der Waals surface area contributed by atoms with E-state index in [1.807, 2.05) is 0 Å². The zero-order chi connectivity index (χ0) is 15.6. The number of ether oxygens (including phenoxy) is 1. The van der Waals surface area contributed by atoms with E-state index in [1.165, 1.54) is 55.1 Å². The Labute approximate surface area is 144 Å². The maximum Gasteiger partial charge on any atom is 0.0583 e. The summed E-state index contributed by atoms with van der Waals surface area (Å²) in [6.45, 7) is 7.65. The Hall–Kier alpha value is -0.580. The molecule has 0 bridgehead atoms. The maximum absolute atomic E-state index is 5.63. The van der Waals surface area contributed by atoms with Gasteiger partial charge >= 0.3 is 0 Å². The van der Waals surface area contributed by atoms with Crippen LogP contribution in [-0.2, 0) is 11.3 Å². The minimum absolute atomic E-state index is 0.558. The molecule has 3 saturated heterocycles. The van der Waals surface area contributed by atoms with Gasteiger partial charge in [-0.25, -0.2) is 0 Å². The summed E-state index contributed by atoms with van der Waals surface area (Å²) in [6.07, 6.45) is 5.20. The third kappa shape index (κ3) is 3.45. The second-order valence-electron chi connectivity index (χ2n) is 7.30. The van der Waals surface area contributed by atoms with Crippen LogP contribution in [0.1, 0.15) is 61.4 Å². The third-order valence-electron chi connectivity index (χ3n) is 5.73. The summed E-state index contributed by atoms with van der Waals surface area (Å²) in [6, 6.07) is 4.66. The molecule has 2 unspecified atom stereocenters. The van der Waals surface area contributed by atoms with Gasteiger partial charge in [0.1, 0.15) is 0 Å². The van der Waals surface area contributed by atoms with Crippen LogP contribution in [0.4, 0.5) is 0 Å². The van der Waals surface area contributed by atoms with E-state index in [0.717, 1.165) is 31.4 Å². The molecule has 3 fully saturated rings. The number of nitrogens with zero attached hydrogens (tertiary/aromatic N) is 2. The van der Waals surface area contributed by atoms with E-state index < -0.39 is 0 Å². The average Bonchev–Trinajstić information content (AvgIpc) is 3.18. The normalized spacial score (nSPS) is 29.6. The summed E-state index contributed by atoms with van der Waals surface area (Å²) < 4.78 is 5.63. The lowest BCUT2D eigenvalue weighted by Gasteiger charge is -2.31.